The lowest BCUT2D eigenvalue weighted by Gasteiger charge is -2.00. The Morgan fingerprint density at radius 1 is 1.70 bits per heavy atom. The van der Waals surface area contributed by atoms with Gasteiger partial charge in [0.15, 0.2) is 5.15 Å². The number of hydrogen-bond donors (Lipinski definition) is 1. The third kappa shape index (κ3) is 1.41. The summed E-state index contributed by atoms with van der Waals surface area (Å²) in [6.45, 7) is 1.86. The second kappa shape index (κ2) is 2.76. The van der Waals surface area contributed by atoms with Crippen LogP contribution in [0, 0.1) is 6.92 Å². The molecule has 0 aliphatic rings. The van der Waals surface area contributed by atoms with E-state index in [0.29, 0.717) is 10.8 Å². The monoisotopic (exact) mass is 220 g/mol. The summed E-state index contributed by atoms with van der Waals surface area (Å²) in [5, 5.41) is 0.354. The number of nitrogens with two attached hydrogens (primary N) is 1. The SMILES string of the molecule is Cc1cc(Br)c(N)c(Cl)n1. The lowest BCUT2D eigenvalue weighted by Crippen LogP contribution is -1.92. The smallest absolute Gasteiger partial charge is 0.153 e. The summed E-state index contributed by atoms with van der Waals surface area (Å²) < 4.78 is 0.796. The average molecular weight is 221 g/mol. The molecule has 1 heterocycles. The van der Waals surface area contributed by atoms with E-state index in [9.17, 15) is 0 Å². The third-order valence-electron chi connectivity index (χ3n) is 1.09. The third-order valence-corrected chi connectivity index (χ3v) is 2.03. The zero-order valence-corrected chi connectivity index (χ0v) is 7.70. The fraction of sp³-hybridized carbons (Fsp3) is 0.167. The minimum Gasteiger partial charge on any atom is -0.395 e. The van der Waals surface area contributed by atoms with Crippen molar-refractivity contribution in [3.05, 3.63) is 21.4 Å². The lowest BCUT2D eigenvalue weighted by molar-refractivity contribution is 1.20. The van der Waals surface area contributed by atoms with E-state index in [1.165, 1.54) is 0 Å². The van der Waals surface area contributed by atoms with E-state index in [1.54, 1.807) is 0 Å². The topological polar surface area (TPSA) is 38.9 Å². The summed E-state index contributed by atoms with van der Waals surface area (Å²) >= 11 is 8.90. The van der Waals surface area contributed by atoms with Crippen molar-refractivity contribution >= 4 is 33.2 Å². The molecule has 0 saturated heterocycles. The second-order valence-corrected chi connectivity index (χ2v) is 3.16. The molecule has 2 N–H and O–H groups in total. The molecule has 0 aliphatic carbocycles. The molecule has 0 aromatic carbocycles. The fourth-order valence-corrected chi connectivity index (χ4v) is 1.48. The zero-order chi connectivity index (χ0) is 7.72. The molecule has 1 rings (SSSR count). The first-order valence-corrected chi connectivity index (χ1v) is 3.86. The average Bonchev–Trinajstić information content (AvgIpc) is 1.82. The van der Waals surface area contributed by atoms with Gasteiger partial charge in [0.25, 0.3) is 0 Å². The standard InChI is InChI=1S/C6H6BrClN2/c1-3-2-4(7)5(9)6(8)10-3/h2H,9H2,1H3. The van der Waals surface area contributed by atoms with Gasteiger partial charge in [-0.2, -0.15) is 0 Å². The quantitative estimate of drug-likeness (QED) is 0.683. The molecule has 0 unspecified atom stereocenters. The van der Waals surface area contributed by atoms with Crippen molar-refractivity contribution in [3.63, 3.8) is 0 Å². The number of rotatable bonds is 0. The van der Waals surface area contributed by atoms with Crippen molar-refractivity contribution in [2.24, 2.45) is 0 Å². The van der Waals surface area contributed by atoms with Crippen LogP contribution in [-0.4, -0.2) is 4.98 Å². The zero-order valence-electron chi connectivity index (χ0n) is 5.36. The molecule has 54 valence electrons. The van der Waals surface area contributed by atoms with E-state index in [2.05, 4.69) is 20.9 Å². The van der Waals surface area contributed by atoms with Gasteiger partial charge in [0.05, 0.1) is 5.69 Å². The Balaban J connectivity index is 3.31. The Bertz CT molecular complexity index is 239. The summed E-state index contributed by atoms with van der Waals surface area (Å²) in [5.41, 5.74) is 6.86. The number of hydrogen-bond acceptors (Lipinski definition) is 2. The van der Waals surface area contributed by atoms with Crippen LogP contribution in [0.2, 0.25) is 5.15 Å². The van der Waals surface area contributed by atoms with E-state index in [-0.39, 0.29) is 0 Å². The number of anilines is 1. The van der Waals surface area contributed by atoms with E-state index < -0.39 is 0 Å². The van der Waals surface area contributed by atoms with Crippen LogP contribution >= 0.6 is 27.5 Å². The molecule has 2 nitrogen and oxygen atoms in total. The van der Waals surface area contributed by atoms with Gasteiger partial charge < -0.3 is 5.73 Å². The molecule has 0 bridgehead atoms. The molecule has 1 aromatic heterocycles. The number of nitrogens with zero attached hydrogens (tertiary/aromatic N) is 1. The van der Waals surface area contributed by atoms with Crippen LogP contribution < -0.4 is 5.73 Å². The largest absolute Gasteiger partial charge is 0.395 e. The van der Waals surface area contributed by atoms with E-state index in [0.717, 1.165) is 10.2 Å². The molecule has 0 atom stereocenters. The van der Waals surface area contributed by atoms with Crippen molar-refractivity contribution in [3.8, 4) is 0 Å². The maximum Gasteiger partial charge on any atom is 0.153 e. The summed E-state index contributed by atoms with van der Waals surface area (Å²) in [6.07, 6.45) is 0. The maximum absolute atomic E-state index is 5.65. The van der Waals surface area contributed by atoms with Gasteiger partial charge in [0.2, 0.25) is 0 Å². The molecule has 0 radical (unpaired) electrons. The van der Waals surface area contributed by atoms with Crippen molar-refractivity contribution in [2.45, 2.75) is 6.92 Å². The van der Waals surface area contributed by atoms with Crippen molar-refractivity contribution in [1.29, 1.82) is 0 Å². The number of halogens is 2. The fourth-order valence-electron chi connectivity index (χ4n) is 0.607. The van der Waals surface area contributed by atoms with Crippen LogP contribution in [0.25, 0.3) is 0 Å². The first kappa shape index (κ1) is 7.82. The summed E-state index contributed by atoms with van der Waals surface area (Å²) in [4.78, 5) is 3.94. The summed E-state index contributed by atoms with van der Waals surface area (Å²) in [5.74, 6) is 0. The maximum atomic E-state index is 5.65. The summed E-state index contributed by atoms with van der Waals surface area (Å²) in [6, 6.07) is 1.82. The van der Waals surface area contributed by atoms with Gasteiger partial charge in [0.1, 0.15) is 0 Å². The normalized spacial score (nSPS) is 9.90. The highest BCUT2D eigenvalue weighted by atomic mass is 79.9. The molecular formula is C6H6BrClN2. The van der Waals surface area contributed by atoms with Crippen LogP contribution in [0.4, 0.5) is 5.69 Å². The number of aryl methyl sites for hydroxylation is 1. The van der Waals surface area contributed by atoms with Crippen LogP contribution in [0.3, 0.4) is 0 Å². The van der Waals surface area contributed by atoms with Crippen LogP contribution in [-0.2, 0) is 0 Å². The van der Waals surface area contributed by atoms with Gasteiger partial charge in [0, 0.05) is 10.2 Å². The van der Waals surface area contributed by atoms with Crippen molar-refractivity contribution < 1.29 is 0 Å². The van der Waals surface area contributed by atoms with Crippen LogP contribution in [0.5, 0.6) is 0 Å². The van der Waals surface area contributed by atoms with Gasteiger partial charge in [-0.25, -0.2) is 4.98 Å². The molecule has 10 heavy (non-hydrogen) atoms. The molecule has 4 heteroatoms. The first-order chi connectivity index (χ1) is 4.61. The van der Waals surface area contributed by atoms with Crippen molar-refractivity contribution in [2.75, 3.05) is 5.73 Å². The minimum atomic E-state index is 0.354. The Kier molecular flexibility index (Phi) is 2.16. The first-order valence-electron chi connectivity index (χ1n) is 2.69. The Morgan fingerprint density at radius 2 is 2.30 bits per heavy atom. The minimum absolute atomic E-state index is 0.354. The van der Waals surface area contributed by atoms with E-state index in [4.69, 9.17) is 17.3 Å². The molecular weight excluding hydrogens is 215 g/mol. The highest BCUT2D eigenvalue weighted by molar-refractivity contribution is 9.10. The molecule has 0 aliphatic heterocycles. The molecule has 1 aromatic rings. The Labute approximate surface area is 72.5 Å². The van der Waals surface area contributed by atoms with E-state index in [1.807, 2.05) is 13.0 Å². The Morgan fingerprint density at radius 3 is 2.80 bits per heavy atom. The molecule has 0 spiro atoms. The molecule has 0 fully saturated rings. The van der Waals surface area contributed by atoms with Gasteiger partial charge in [-0.05, 0) is 28.9 Å². The molecule has 0 amide bonds. The van der Waals surface area contributed by atoms with E-state index >= 15 is 0 Å². The van der Waals surface area contributed by atoms with Gasteiger partial charge in [-0.3, -0.25) is 0 Å². The molecule has 0 saturated carbocycles. The van der Waals surface area contributed by atoms with Crippen molar-refractivity contribution in [1.82, 2.24) is 4.98 Å². The summed E-state index contributed by atoms with van der Waals surface area (Å²) in [7, 11) is 0. The second-order valence-electron chi connectivity index (χ2n) is 1.95. The van der Waals surface area contributed by atoms with Gasteiger partial charge >= 0.3 is 0 Å². The van der Waals surface area contributed by atoms with Crippen LogP contribution in [0.1, 0.15) is 5.69 Å². The van der Waals surface area contributed by atoms with Gasteiger partial charge in [-0.15, -0.1) is 0 Å². The lowest BCUT2D eigenvalue weighted by atomic mass is 10.3. The number of nitrogen functional groups attached to an aromatic ring is 1. The van der Waals surface area contributed by atoms with Gasteiger partial charge in [-0.1, -0.05) is 11.6 Å². The predicted molar refractivity (Wildman–Crippen MR) is 46.1 cm³/mol. The highest BCUT2D eigenvalue weighted by Gasteiger charge is 2.01. The van der Waals surface area contributed by atoms with Crippen LogP contribution in [0.15, 0.2) is 10.5 Å². The predicted octanol–water partition coefficient (Wildman–Crippen LogP) is 2.39. The highest BCUT2D eigenvalue weighted by Crippen LogP contribution is 2.25. The Hall–Kier alpha value is -0.280. The number of pyridine rings is 1. The number of aromatic nitrogens is 1.